The first-order valence-corrected chi connectivity index (χ1v) is 10.4. The monoisotopic (exact) mass is 396 g/mol. The quantitative estimate of drug-likeness (QED) is 0.774. The van der Waals surface area contributed by atoms with Crippen molar-refractivity contribution < 1.29 is 14.3 Å². The summed E-state index contributed by atoms with van der Waals surface area (Å²) in [6.45, 7) is 5.59. The van der Waals surface area contributed by atoms with Gasteiger partial charge in [-0.05, 0) is 50.5 Å². The van der Waals surface area contributed by atoms with E-state index in [9.17, 15) is 4.79 Å². The standard InChI is InChI=1S/C24H32N2O3/c1-4-26-16-9-14-24(15-17-26,20-11-6-5-7-12-20)23(27)25-18-19-10-8-13-21(28-2)22(19)29-3/h5-8,10-13H,4,9,14-18H2,1-3H3,(H,25,27). The molecule has 1 atom stereocenters. The lowest BCUT2D eigenvalue weighted by molar-refractivity contribution is -0.127. The summed E-state index contributed by atoms with van der Waals surface area (Å²) in [5.74, 6) is 1.43. The Bertz CT molecular complexity index is 809. The largest absolute Gasteiger partial charge is 0.493 e. The number of nitrogens with zero attached hydrogens (tertiary/aromatic N) is 1. The Morgan fingerprint density at radius 3 is 2.52 bits per heavy atom. The van der Waals surface area contributed by atoms with Gasteiger partial charge in [-0.1, -0.05) is 49.4 Å². The molecule has 0 aromatic heterocycles. The van der Waals surface area contributed by atoms with Gasteiger partial charge in [0.15, 0.2) is 11.5 Å². The van der Waals surface area contributed by atoms with Crippen molar-refractivity contribution in [3.05, 3.63) is 59.7 Å². The van der Waals surface area contributed by atoms with E-state index in [1.165, 1.54) is 0 Å². The second-order valence-corrected chi connectivity index (χ2v) is 7.57. The summed E-state index contributed by atoms with van der Waals surface area (Å²) in [6.07, 6.45) is 2.69. The molecule has 1 aliphatic rings. The van der Waals surface area contributed by atoms with E-state index in [0.29, 0.717) is 18.0 Å². The number of nitrogens with one attached hydrogen (secondary N) is 1. The predicted octanol–water partition coefficient (Wildman–Crippen LogP) is 3.76. The number of hydrogen-bond donors (Lipinski definition) is 1. The summed E-state index contributed by atoms with van der Waals surface area (Å²) in [5, 5.41) is 3.20. The van der Waals surface area contributed by atoms with Gasteiger partial charge >= 0.3 is 0 Å². The van der Waals surface area contributed by atoms with Gasteiger partial charge in [0, 0.05) is 12.1 Å². The van der Waals surface area contributed by atoms with E-state index in [2.05, 4.69) is 29.3 Å². The van der Waals surface area contributed by atoms with Gasteiger partial charge in [-0.25, -0.2) is 0 Å². The van der Waals surface area contributed by atoms with E-state index >= 15 is 0 Å². The van der Waals surface area contributed by atoms with Crippen molar-refractivity contribution in [2.45, 2.75) is 38.1 Å². The van der Waals surface area contributed by atoms with Crippen molar-refractivity contribution in [2.75, 3.05) is 33.9 Å². The highest BCUT2D eigenvalue weighted by atomic mass is 16.5. The summed E-state index contributed by atoms with van der Waals surface area (Å²) >= 11 is 0. The highest BCUT2D eigenvalue weighted by molar-refractivity contribution is 5.88. The topological polar surface area (TPSA) is 50.8 Å². The number of hydrogen-bond acceptors (Lipinski definition) is 4. The molecule has 2 aromatic carbocycles. The van der Waals surface area contributed by atoms with Gasteiger partial charge in [0.05, 0.1) is 19.6 Å². The van der Waals surface area contributed by atoms with Gasteiger partial charge in [-0.3, -0.25) is 4.79 Å². The Balaban J connectivity index is 1.85. The molecule has 2 aromatic rings. The van der Waals surface area contributed by atoms with Crippen LogP contribution < -0.4 is 14.8 Å². The van der Waals surface area contributed by atoms with Crippen molar-refractivity contribution in [1.82, 2.24) is 10.2 Å². The first-order chi connectivity index (χ1) is 14.1. The first kappa shape index (κ1) is 21.2. The van der Waals surface area contributed by atoms with Crippen LogP contribution in [0.15, 0.2) is 48.5 Å². The van der Waals surface area contributed by atoms with Crippen molar-refractivity contribution in [2.24, 2.45) is 0 Å². The Kier molecular flexibility index (Phi) is 7.15. The molecule has 0 aliphatic carbocycles. The zero-order valence-corrected chi connectivity index (χ0v) is 17.7. The Morgan fingerprint density at radius 1 is 1.03 bits per heavy atom. The third-order valence-corrected chi connectivity index (χ3v) is 6.06. The molecule has 3 rings (SSSR count). The van der Waals surface area contributed by atoms with Crippen LogP contribution in [-0.4, -0.2) is 44.7 Å². The lowest BCUT2D eigenvalue weighted by Crippen LogP contribution is -2.45. The number of carbonyl (C=O) groups excluding carboxylic acids is 1. The molecule has 1 amide bonds. The average Bonchev–Trinajstić information content (AvgIpc) is 3.01. The van der Waals surface area contributed by atoms with E-state index in [1.807, 2.05) is 36.4 Å². The minimum absolute atomic E-state index is 0.0894. The van der Waals surface area contributed by atoms with Gasteiger partial charge in [0.1, 0.15) is 0 Å². The molecule has 1 N–H and O–H groups in total. The van der Waals surface area contributed by atoms with Crippen LogP contribution in [-0.2, 0) is 16.8 Å². The number of benzene rings is 2. The van der Waals surface area contributed by atoms with Gasteiger partial charge in [0.2, 0.25) is 5.91 Å². The molecular weight excluding hydrogens is 364 g/mol. The molecule has 5 heteroatoms. The van der Waals surface area contributed by atoms with Gasteiger partial charge in [0.25, 0.3) is 0 Å². The summed E-state index contributed by atoms with van der Waals surface area (Å²) in [4.78, 5) is 16.0. The molecule has 0 spiro atoms. The minimum Gasteiger partial charge on any atom is -0.493 e. The van der Waals surface area contributed by atoms with E-state index < -0.39 is 5.41 Å². The number of methoxy groups -OCH3 is 2. The average molecular weight is 397 g/mol. The van der Waals surface area contributed by atoms with E-state index in [1.54, 1.807) is 14.2 Å². The summed E-state index contributed by atoms with van der Waals surface area (Å²) in [6, 6.07) is 16.0. The van der Waals surface area contributed by atoms with Gasteiger partial charge in [-0.2, -0.15) is 0 Å². The zero-order valence-electron chi connectivity index (χ0n) is 17.7. The maximum Gasteiger partial charge on any atom is 0.230 e. The Hall–Kier alpha value is -2.53. The smallest absolute Gasteiger partial charge is 0.230 e. The van der Waals surface area contributed by atoms with Crippen LogP contribution in [0.25, 0.3) is 0 Å². The molecule has 0 saturated carbocycles. The maximum atomic E-state index is 13.6. The highest BCUT2D eigenvalue weighted by Crippen LogP contribution is 2.36. The van der Waals surface area contributed by atoms with Crippen LogP contribution >= 0.6 is 0 Å². The lowest BCUT2D eigenvalue weighted by atomic mass is 9.73. The lowest BCUT2D eigenvalue weighted by Gasteiger charge is -2.32. The predicted molar refractivity (Wildman–Crippen MR) is 115 cm³/mol. The van der Waals surface area contributed by atoms with Crippen molar-refractivity contribution in [3.63, 3.8) is 0 Å². The van der Waals surface area contributed by atoms with Crippen LogP contribution in [0, 0.1) is 0 Å². The molecule has 1 heterocycles. The molecule has 1 aliphatic heterocycles. The molecule has 29 heavy (non-hydrogen) atoms. The van der Waals surface area contributed by atoms with Crippen LogP contribution in [0.4, 0.5) is 0 Å². The fourth-order valence-corrected chi connectivity index (χ4v) is 4.35. The second kappa shape index (κ2) is 9.79. The first-order valence-electron chi connectivity index (χ1n) is 10.4. The van der Waals surface area contributed by atoms with Crippen LogP contribution in [0.1, 0.15) is 37.3 Å². The SMILES string of the molecule is CCN1CCCC(C(=O)NCc2cccc(OC)c2OC)(c2ccccc2)CC1. The molecule has 1 fully saturated rings. The number of carbonyl (C=O) groups is 1. The van der Waals surface area contributed by atoms with Crippen molar-refractivity contribution in [3.8, 4) is 11.5 Å². The van der Waals surface area contributed by atoms with E-state index in [4.69, 9.17) is 9.47 Å². The summed E-state index contributed by atoms with van der Waals surface area (Å²) in [7, 11) is 3.24. The minimum atomic E-state index is -0.503. The number of ether oxygens (including phenoxy) is 2. The molecular formula is C24H32N2O3. The fourth-order valence-electron chi connectivity index (χ4n) is 4.35. The molecule has 1 unspecified atom stereocenters. The van der Waals surface area contributed by atoms with Crippen LogP contribution in [0.2, 0.25) is 0 Å². The molecule has 0 bridgehead atoms. The van der Waals surface area contributed by atoms with Gasteiger partial charge < -0.3 is 19.7 Å². The molecule has 5 nitrogen and oxygen atoms in total. The molecule has 0 radical (unpaired) electrons. The Labute approximate surface area is 174 Å². The molecule has 1 saturated heterocycles. The summed E-state index contributed by atoms with van der Waals surface area (Å²) in [5.41, 5.74) is 1.51. The second-order valence-electron chi connectivity index (χ2n) is 7.57. The fraction of sp³-hybridized carbons (Fsp3) is 0.458. The summed E-state index contributed by atoms with van der Waals surface area (Å²) < 4.78 is 10.9. The number of amides is 1. The van der Waals surface area contributed by atoms with Crippen LogP contribution in [0.3, 0.4) is 0 Å². The normalized spacial score (nSPS) is 20.0. The van der Waals surface area contributed by atoms with Crippen LogP contribution in [0.5, 0.6) is 11.5 Å². The third kappa shape index (κ3) is 4.56. The molecule has 156 valence electrons. The van der Waals surface area contributed by atoms with Gasteiger partial charge in [-0.15, -0.1) is 0 Å². The highest BCUT2D eigenvalue weighted by Gasteiger charge is 2.41. The van der Waals surface area contributed by atoms with Crippen molar-refractivity contribution >= 4 is 5.91 Å². The number of rotatable bonds is 7. The number of likely N-dealkylation sites (tertiary alicyclic amines) is 1. The number of para-hydroxylation sites is 1. The Morgan fingerprint density at radius 2 is 1.83 bits per heavy atom. The van der Waals surface area contributed by atoms with E-state index in [-0.39, 0.29) is 5.91 Å². The van der Waals surface area contributed by atoms with Crippen molar-refractivity contribution in [1.29, 1.82) is 0 Å². The van der Waals surface area contributed by atoms with E-state index in [0.717, 1.165) is 50.0 Å². The third-order valence-electron chi connectivity index (χ3n) is 6.06. The maximum absolute atomic E-state index is 13.6. The zero-order chi connectivity index (χ0) is 20.7.